The highest BCUT2D eigenvalue weighted by Gasteiger charge is 2.08. The number of anilines is 1. The summed E-state index contributed by atoms with van der Waals surface area (Å²) >= 11 is 1.70. The molecule has 0 N–H and O–H groups in total. The normalized spacial score (nSPS) is 10.8. The second-order valence-corrected chi connectivity index (χ2v) is 6.16. The molecule has 3 rings (SSSR count). The van der Waals surface area contributed by atoms with Gasteiger partial charge in [-0.3, -0.25) is 0 Å². The molecule has 0 amide bonds. The van der Waals surface area contributed by atoms with Gasteiger partial charge in [0, 0.05) is 43.5 Å². The first kappa shape index (κ1) is 14.8. The lowest BCUT2D eigenvalue weighted by molar-refractivity contribution is 0.622. The van der Waals surface area contributed by atoms with Crippen LogP contribution in [0.1, 0.15) is 12.2 Å². The van der Waals surface area contributed by atoms with Crippen LogP contribution in [0.5, 0.6) is 0 Å². The van der Waals surface area contributed by atoms with Crippen molar-refractivity contribution in [1.29, 1.82) is 0 Å². The summed E-state index contributed by atoms with van der Waals surface area (Å²) in [5.74, 6) is 1.07. The highest BCUT2D eigenvalue weighted by atomic mass is 32.1. The van der Waals surface area contributed by atoms with Crippen LogP contribution in [0.15, 0.2) is 48.1 Å². The van der Waals surface area contributed by atoms with Gasteiger partial charge in [-0.05, 0) is 13.3 Å². The minimum Gasteiger partial charge on any atom is -0.351 e. The van der Waals surface area contributed by atoms with Crippen molar-refractivity contribution in [2.75, 3.05) is 18.5 Å². The molecule has 2 heterocycles. The number of imidazole rings is 1. The Bertz CT molecular complexity index is 717. The number of nitrogens with zero attached hydrogens (tertiary/aromatic N) is 4. The van der Waals surface area contributed by atoms with E-state index in [4.69, 9.17) is 4.98 Å². The lowest BCUT2D eigenvalue weighted by Crippen LogP contribution is -2.19. The van der Waals surface area contributed by atoms with Crippen molar-refractivity contribution in [2.24, 2.45) is 0 Å². The van der Waals surface area contributed by atoms with Crippen molar-refractivity contribution < 1.29 is 0 Å². The van der Waals surface area contributed by atoms with E-state index in [0.717, 1.165) is 36.2 Å². The monoisotopic (exact) mass is 312 g/mol. The first-order chi connectivity index (χ1) is 10.7. The second-order valence-electron chi connectivity index (χ2n) is 5.32. The molecule has 0 radical (unpaired) electrons. The molecule has 114 valence electrons. The molecule has 0 atom stereocenters. The first-order valence-electron chi connectivity index (χ1n) is 7.44. The van der Waals surface area contributed by atoms with E-state index in [9.17, 15) is 0 Å². The van der Waals surface area contributed by atoms with Crippen LogP contribution in [0.2, 0.25) is 0 Å². The third-order valence-electron chi connectivity index (χ3n) is 3.70. The van der Waals surface area contributed by atoms with Crippen LogP contribution in [0.3, 0.4) is 0 Å². The van der Waals surface area contributed by atoms with Gasteiger partial charge in [-0.25, -0.2) is 9.97 Å². The first-order valence-corrected chi connectivity index (χ1v) is 8.32. The molecule has 3 aromatic rings. The molecule has 0 aliphatic rings. The molecule has 1 aromatic carbocycles. The smallest absolute Gasteiger partial charge is 0.185 e. The van der Waals surface area contributed by atoms with Gasteiger partial charge in [0.25, 0.3) is 0 Å². The lowest BCUT2D eigenvalue weighted by atomic mass is 10.2. The summed E-state index contributed by atoms with van der Waals surface area (Å²) in [5.41, 5.74) is 2.23. The van der Waals surface area contributed by atoms with Crippen molar-refractivity contribution in [3.8, 4) is 11.3 Å². The highest BCUT2D eigenvalue weighted by Crippen LogP contribution is 2.26. The molecular formula is C17H20N4S. The Morgan fingerprint density at radius 1 is 1.23 bits per heavy atom. The van der Waals surface area contributed by atoms with Gasteiger partial charge in [0.2, 0.25) is 0 Å². The standard InChI is InChI=1S/C17H20N4S/c1-14-18-9-12-21(14)11-6-10-20(2)17-19-16(13-22-17)15-7-4-3-5-8-15/h3-5,7-9,12-13H,6,10-11H2,1-2H3. The Kier molecular flexibility index (Phi) is 4.53. The summed E-state index contributed by atoms with van der Waals surface area (Å²) in [7, 11) is 2.11. The average molecular weight is 312 g/mol. The van der Waals surface area contributed by atoms with Gasteiger partial charge in [-0.1, -0.05) is 30.3 Å². The molecule has 2 aromatic heterocycles. The van der Waals surface area contributed by atoms with Gasteiger partial charge in [-0.2, -0.15) is 0 Å². The lowest BCUT2D eigenvalue weighted by Gasteiger charge is -2.15. The zero-order valence-electron chi connectivity index (χ0n) is 12.9. The van der Waals surface area contributed by atoms with Crippen LogP contribution in [-0.2, 0) is 6.54 Å². The molecule has 0 unspecified atom stereocenters. The van der Waals surface area contributed by atoms with Crippen LogP contribution in [0.4, 0.5) is 5.13 Å². The fraction of sp³-hybridized carbons (Fsp3) is 0.294. The van der Waals surface area contributed by atoms with Crippen LogP contribution in [0, 0.1) is 6.92 Å². The van der Waals surface area contributed by atoms with Gasteiger partial charge >= 0.3 is 0 Å². The number of benzene rings is 1. The van der Waals surface area contributed by atoms with Gasteiger partial charge in [0.15, 0.2) is 5.13 Å². The van der Waals surface area contributed by atoms with E-state index in [1.165, 1.54) is 5.56 Å². The number of aromatic nitrogens is 3. The molecule has 0 fully saturated rings. The molecule has 0 saturated carbocycles. The Hall–Kier alpha value is -2.14. The summed E-state index contributed by atoms with van der Waals surface area (Å²) in [5, 5.41) is 3.20. The summed E-state index contributed by atoms with van der Waals surface area (Å²) in [6.07, 6.45) is 4.96. The fourth-order valence-electron chi connectivity index (χ4n) is 2.40. The third-order valence-corrected chi connectivity index (χ3v) is 4.66. The molecule has 0 aliphatic carbocycles. The van der Waals surface area contributed by atoms with E-state index in [1.54, 1.807) is 11.3 Å². The van der Waals surface area contributed by atoms with Gasteiger partial charge in [0.1, 0.15) is 5.82 Å². The van der Waals surface area contributed by atoms with Crippen LogP contribution < -0.4 is 4.90 Å². The van der Waals surface area contributed by atoms with Gasteiger partial charge in [0.05, 0.1) is 5.69 Å². The molecule has 0 spiro atoms. The predicted molar refractivity (Wildman–Crippen MR) is 92.4 cm³/mol. The van der Waals surface area contributed by atoms with Gasteiger partial charge < -0.3 is 9.47 Å². The topological polar surface area (TPSA) is 34.0 Å². The molecule has 4 nitrogen and oxygen atoms in total. The Morgan fingerprint density at radius 2 is 2.05 bits per heavy atom. The number of rotatable bonds is 6. The zero-order chi connectivity index (χ0) is 15.4. The zero-order valence-corrected chi connectivity index (χ0v) is 13.8. The molecule has 0 saturated heterocycles. The van der Waals surface area contributed by atoms with Crippen molar-refractivity contribution >= 4 is 16.5 Å². The quantitative estimate of drug-likeness (QED) is 0.693. The number of hydrogen-bond donors (Lipinski definition) is 0. The second kappa shape index (κ2) is 6.75. The molecular weight excluding hydrogens is 292 g/mol. The van der Waals surface area contributed by atoms with Crippen molar-refractivity contribution in [2.45, 2.75) is 19.9 Å². The average Bonchev–Trinajstić information content (AvgIpc) is 3.18. The third kappa shape index (κ3) is 3.36. The van der Waals surface area contributed by atoms with E-state index < -0.39 is 0 Å². The Labute approximate surface area is 135 Å². The van der Waals surface area contributed by atoms with Crippen molar-refractivity contribution in [1.82, 2.24) is 14.5 Å². The van der Waals surface area contributed by atoms with E-state index in [2.05, 4.69) is 39.0 Å². The molecule has 0 bridgehead atoms. The van der Waals surface area contributed by atoms with E-state index in [-0.39, 0.29) is 0 Å². The van der Waals surface area contributed by atoms with Crippen LogP contribution in [0.25, 0.3) is 11.3 Å². The van der Waals surface area contributed by atoms with Crippen molar-refractivity contribution in [3.05, 3.63) is 53.9 Å². The molecule has 5 heteroatoms. The Balaban J connectivity index is 1.58. The maximum atomic E-state index is 4.74. The SMILES string of the molecule is Cc1nccn1CCCN(C)c1nc(-c2ccccc2)cs1. The molecule has 22 heavy (non-hydrogen) atoms. The molecule has 0 aliphatic heterocycles. The Morgan fingerprint density at radius 3 is 2.77 bits per heavy atom. The number of thiazole rings is 1. The summed E-state index contributed by atoms with van der Waals surface area (Å²) in [6, 6.07) is 10.3. The van der Waals surface area contributed by atoms with Gasteiger partial charge in [-0.15, -0.1) is 11.3 Å². The maximum absolute atomic E-state index is 4.74. The van der Waals surface area contributed by atoms with Crippen LogP contribution in [-0.4, -0.2) is 28.1 Å². The highest BCUT2D eigenvalue weighted by molar-refractivity contribution is 7.14. The number of hydrogen-bond acceptors (Lipinski definition) is 4. The van der Waals surface area contributed by atoms with E-state index >= 15 is 0 Å². The van der Waals surface area contributed by atoms with E-state index in [1.807, 2.05) is 37.5 Å². The van der Waals surface area contributed by atoms with Crippen molar-refractivity contribution in [3.63, 3.8) is 0 Å². The summed E-state index contributed by atoms with van der Waals surface area (Å²) in [4.78, 5) is 11.2. The predicted octanol–water partition coefficient (Wildman–Crippen LogP) is 3.84. The maximum Gasteiger partial charge on any atom is 0.185 e. The van der Waals surface area contributed by atoms with Crippen LogP contribution >= 0.6 is 11.3 Å². The minimum absolute atomic E-state index is 0.985. The minimum atomic E-state index is 0.985. The van der Waals surface area contributed by atoms with E-state index in [0.29, 0.717) is 0 Å². The fourth-order valence-corrected chi connectivity index (χ4v) is 3.22. The largest absolute Gasteiger partial charge is 0.351 e. The summed E-state index contributed by atoms with van der Waals surface area (Å²) < 4.78 is 2.19. The number of aryl methyl sites for hydroxylation is 2. The summed E-state index contributed by atoms with van der Waals surface area (Å²) in [6.45, 7) is 4.02.